The molecule has 4 rings (SSSR count). The largest absolute Gasteiger partial charge is 0.480 e. The number of hydrogen-bond donors (Lipinski definition) is 1. The van der Waals surface area contributed by atoms with Crippen molar-refractivity contribution in [3.05, 3.63) is 45.7 Å². The average Bonchev–Trinajstić information content (AvgIpc) is 3.23. The zero-order chi connectivity index (χ0) is 22.0. The molecule has 0 bridgehead atoms. The number of benzene rings is 1. The molecule has 11 nitrogen and oxygen atoms in total. The van der Waals surface area contributed by atoms with E-state index in [0.29, 0.717) is 52.7 Å². The van der Waals surface area contributed by atoms with Crippen LogP contribution >= 0.6 is 27.5 Å². The minimum atomic E-state index is -1.06. The summed E-state index contributed by atoms with van der Waals surface area (Å²) in [5.41, 5.74) is 0.925. The smallest absolute Gasteiger partial charge is 0.327 e. The molecule has 0 atom stereocenters. The van der Waals surface area contributed by atoms with Crippen molar-refractivity contribution in [3.63, 3.8) is 0 Å². The molecule has 160 valence electrons. The first-order valence-corrected chi connectivity index (χ1v) is 10.4. The summed E-state index contributed by atoms with van der Waals surface area (Å²) >= 11 is 9.43. The predicted octanol–water partition coefficient (Wildman–Crippen LogP) is 1.59. The van der Waals surface area contributed by atoms with Crippen LogP contribution in [0.1, 0.15) is 10.4 Å². The maximum atomic E-state index is 12.8. The van der Waals surface area contributed by atoms with Crippen LogP contribution in [0.2, 0.25) is 5.02 Å². The highest BCUT2D eigenvalue weighted by Gasteiger charge is 2.24. The van der Waals surface area contributed by atoms with Gasteiger partial charge in [-0.1, -0.05) is 11.6 Å². The average molecular weight is 508 g/mol. The van der Waals surface area contributed by atoms with Crippen molar-refractivity contribution in [3.8, 4) is 11.5 Å². The van der Waals surface area contributed by atoms with Crippen molar-refractivity contribution in [2.45, 2.75) is 6.54 Å². The molecule has 1 aliphatic heterocycles. The van der Waals surface area contributed by atoms with Gasteiger partial charge in [-0.25, -0.2) is 9.97 Å². The standard InChI is InChI=1S/C18H16BrClN8O3/c19-13-2-1-11(20)7-12(13)18(31)27-5-3-26(4-6-27)15-9-21-14(8-22-15)17-23-25-28(24-17)10-16(29)30/h1-2,7-9H,3-6,10H2,(H,29,30). The molecule has 0 saturated carbocycles. The molecule has 2 aromatic heterocycles. The van der Waals surface area contributed by atoms with Crippen molar-refractivity contribution < 1.29 is 14.7 Å². The number of nitrogens with zero attached hydrogens (tertiary/aromatic N) is 8. The van der Waals surface area contributed by atoms with Crippen molar-refractivity contribution >= 4 is 45.2 Å². The number of amides is 1. The minimum absolute atomic E-state index is 0.0778. The number of aromatic nitrogens is 6. The van der Waals surface area contributed by atoms with E-state index in [4.69, 9.17) is 16.7 Å². The normalized spacial score (nSPS) is 14.0. The molecule has 1 saturated heterocycles. The van der Waals surface area contributed by atoms with Gasteiger partial charge in [-0.05, 0) is 39.3 Å². The summed E-state index contributed by atoms with van der Waals surface area (Å²) in [6.45, 7) is 1.89. The summed E-state index contributed by atoms with van der Waals surface area (Å²) in [5.74, 6) is -0.280. The maximum absolute atomic E-state index is 12.8. The first-order valence-electron chi connectivity index (χ1n) is 9.22. The maximum Gasteiger partial charge on any atom is 0.327 e. The van der Waals surface area contributed by atoms with E-state index in [1.54, 1.807) is 29.3 Å². The van der Waals surface area contributed by atoms with Crippen LogP contribution in [-0.2, 0) is 11.3 Å². The number of carbonyl (C=O) groups excluding carboxylic acids is 1. The van der Waals surface area contributed by atoms with Crippen LogP contribution < -0.4 is 4.90 Å². The second-order valence-corrected chi connectivity index (χ2v) is 7.99. The number of piperazine rings is 1. The Balaban J connectivity index is 1.39. The van der Waals surface area contributed by atoms with Gasteiger partial charge in [0.05, 0.1) is 18.0 Å². The van der Waals surface area contributed by atoms with E-state index >= 15 is 0 Å². The van der Waals surface area contributed by atoms with Gasteiger partial charge >= 0.3 is 5.97 Å². The Labute approximate surface area is 189 Å². The minimum Gasteiger partial charge on any atom is -0.480 e. The molecule has 3 heterocycles. The molecule has 1 aromatic carbocycles. The first kappa shape index (κ1) is 21.1. The van der Waals surface area contributed by atoms with E-state index in [1.807, 2.05) is 4.90 Å². The number of carboxylic acids is 1. The highest BCUT2D eigenvalue weighted by molar-refractivity contribution is 9.10. The van der Waals surface area contributed by atoms with E-state index < -0.39 is 5.97 Å². The third-order valence-corrected chi connectivity index (χ3v) is 5.57. The van der Waals surface area contributed by atoms with Gasteiger partial charge in [0.25, 0.3) is 5.91 Å². The highest BCUT2D eigenvalue weighted by atomic mass is 79.9. The van der Waals surface area contributed by atoms with E-state index in [-0.39, 0.29) is 18.3 Å². The van der Waals surface area contributed by atoms with E-state index in [9.17, 15) is 9.59 Å². The van der Waals surface area contributed by atoms with Crippen molar-refractivity contribution in [2.24, 2.45) is 0 Å². The molecular formula is C18H16BrClN8O3. The molecule has 0 spiro atoms. The molecular weight excluding hydrogens is 492 g/mol. The van der Waals surface area contributed by atoms with Crippen molar-refractivity contribution in [1.82, 2.24) is 35.1 Å². The van der Waals surface area contributed by atoms with Gasteiger partial charge in [0.1, 0.15) is 11.5 Å². The molecule has 1 amide bonds. The Hall–Kier alpha value is -3.12. The Morgan fingerprint density at radius 2 is 1.90 bits per heavy atom. The molecule has 0 radical (unpaired) electrons. The highest BCUT2D eigenvalue weighted by Crippen LogP contribution is 2.24. The summed E-state index contributed by atoms with van der Waals surface area (Å²) < 4.78 is 0.708. The van der Waals surface area contributed by atoms with E-state index in [1.165, 1.54) is 6.20 Å². The number of carbonyl (C=O) groups is 2. The quantitative estimate of drug-likeness (QED) is 0.547. The fourth-order valence-electron chi connectivity index (χ4n) is 3.10. The first-order chi connectivity index (χ1) is 14.9. The van der Waals surface area contributed by atoms with E-state index in [2.05, 4.69) is 41.3 Å². The lowest BCUT2D eigenvalue weighted by Gasteiger charge is -2.35. The van der Waals surface area contributed by atoms with Crippen LogP contribution in [0.4, 0.5) is 5.82 Å². The van der Waals surface area contributed by atoms with Crippen LogP contribution in [-0.4, -0.2) is 78.2 Å². The number of anilines is 1. The number of carboxylic acid groups (broad SMARTS) is 1. The van der Waals surface area contributed by atoms with Crippen molar-refractivity contribution in [1.29, 1.82) is 0 Å². The number of tetrazole rings is 1. The number of halogens is 2. The van der Waals surface area contributed by atoms with Gasteiger partial charge < -0.3 is 14.9 Å². The molecule has 1 N–H and O–H groups in total. The van der Waals surface area contributed by atoms with Gasteiger partial charge in [0.2, 0.25) is 5.82 Å². The van der Waals surface area contributed by atoms with Crippen LogP contribution in [0, 0.1) is 0 Å². The lowest BCUT2D eigenvalue weighted by Crippen LogP contribution is -2.49. The third-order valence-electron chi connectivity index (χ3n) is 4.65. The third kappa shape index (κ3) is 4.80. The Morgan fingerprint density at radius 1 is 1.13 bits per heavy atom. The lowest BCUT2D eigenvalue weighted by molar-refractivity contribution is -0.138. The number of hydrogen-bond acceptors (Lipinski definition) is 8. The van der Waals surface area contributed by atoms with Crippen LogP contribution in [0.5, 0.6) is 0 Å². The van der Waals surface area contributed by atoms with Gasteiger partial charge in [0.15, 0.2) is 6.54 Å². The molecule has 13 heteroatoms. The summed E-state index contributed by atoms with van der Waals surface area (Å²) in [5, 5.41) is 20.7. The summed E-state index contributed by atoms with van der Waals surface area (Å²) in [7, 11) is 0. The summed E-state index contributed by atoms with van der Waals surface area (Å²) in [4.78, 5) is 37.0. The Morgan fingerprint density at radius 3 is 2.58 bits per heavy atom. The molecule has 1 aliphatic rings. The zero-order valence-electron chi connectivity index (χ0n) is 16.0. The Kier molecular flexibility index (Phi) is 6.09. The second kappa shape index (κ2) is 8.94. The Bertz CT molecular complexity index is 1120. The van der Waals surface area contributed by atoms with Crippen LogP contribution in [0.15, 0.2) is 35.1 Å². The number of aliphatic carboxylic acids is 1. The van der Waals surface area contributed by atoms with Crippen LogP contribution in [0.3, 0.4) is 0 Å². The molecule has 0 aliphatic carbocycles. The number of rotatable bonds is 5. The zero-order valence-corrected chi connectivity index (χ0v) is 18.4. The van der Waals surface area contributed by atoms with Gasteiger partial charge in [-0.2, -0.15) is 4.80 Å². The SMILES string of the molecule is O=C(O)Cn1nnc(-c2cnc(N3CCN(C(=O)c4cc(Cl)ccc4Br)CC3)cn2)n1. The summed E-state index contributed by atoms with van der Waals surface area (Å²) in [6.07, 6.45) is 3.11. The molecule has 1 fully saturated rings. The van der Waals surface area contributed by atoms with Gasteiger partial charge in [-0.15, -0.1) is 10.2 Å². The molecule has 3 aromatic rings. The fourth-order valence-corrected chi connectivity index (χ4v) is 3.69. The fraction of sp³-hybridized carbons (Fsp3) is 0.278. The molecule has 31 heavy (non-hydrogen) atoms. The van der Waals surface area contributed by atoms with E-state index in [0.717, 1.165) is 4.80 Å². The second-order valence-electron chi connectivity index (χ2n) is 6.70. The predicted molar refractivity (Wildman–Crippen MR) is 114 cm³/mol. The molecule has 0 unspecified atom stereocenters. The van der Waals surface area contributed by atoms with Gasteiger partial charge in [0, 0.05) is 35.7 Å². The van der Waals surface area contributed by atoms with Gasteiger partial charge in [-0.3, -0.25) is 9.59 Å². The lowest BCUT2D eigenvalue weighted by atomic mass is 10.2. The topological polar surface area (TPSA) is 130 Å². The van der Waals surface area contributed by atoms with Crippen LogP contribution in [0.25, 0.3) is 11.5 Å². The summed E-state index contributed by atoms with van der Waals surface area (Å²) in [6, 6.07) is 5.15. The monoisotopic (exact) mass is 506 g/mol. The van der Waals surface area contributed by atoms with Crippen molar-refractivity contribution in [2.75, 3.05) is 31.1 Å².